The molecule has 1 unspecified atom stereocenters. The monoisotopic (exact) mass is 248 g/mol. The molecule has 0 radical (unpaired) electrons. The molecule has 1 aliphatic carbocycles. The number of nitrogens with one attached hydrogen (secondary N) is 1. The van der Waals surface area contributed by atoms with E-state index in [0.29, 0.717) is 0 Å². The lowest BCUT2D eigenvalue weighted by Crippen LogP contribution is -2.34. The van der Waals surface area contributed by atoms with Gasteiger partial charge in [0.2, 0.25) is 0 Å². The van der Waals surface area contributed by atoms with E-state index >= 15 is 0 Å². The Hall–Kier alpha value is -2.35. The summed E-state index contributed by atoms with van der Waals surface area (Å²) in [6.07, 6.45) is 11.3. The number of rotatable bonds is 3. The fourth-order valence-electron chi connectivity index (χ4n) is 2.37. The maximum atomic E-state index is 4.52. The predicted molar refractivity (Wildman–Crippen MR) is 78.9 cm³/mol. The molecule has 94 valence electrons. The summed E-state index contributed by atoms with van der Waals surface area (Å²) in [6.45, 7) is 0. The lowest BCUT2D eigenvalue weighted by atomic mass is 9.87. The number of nitrogens with zero attached hydrogens (tertiary/aromatic N) is 1. The third-order valence-electron chi connectivity index (χ3n) is 3.33. The van der Waals surface area contributed by atoms with Gasteiger partial charge in [0.25, 0.3) is 0 Å². The van der Waals surface area contributed by atoms with Gasteiger partial charge in [0, 0.05) is 11.9 Å². The van der Waals surface area contributed by atoms with Gasteiger partial charge in [-0.2, -0.15) is 0 Å². The number of para-hydroxylation sites is 1. The normalized spacial score (nSPS) is 21.3. The van der Waals surface area contributed by atoms with Crippen LogP contribution in [0.25, 0.3) is 0 Å². The summed E-state index contributed by atoms with van der Waals surface area (Å²) < 4.78 is 0. The molecule has 2 aromatic rings. The third-order valence-corrected chi connectivity index (χ3v) is 3.33. The van der Waals surface area contributed by atoms with Crippen molar-refractivity contribution in [2.75, 3.05) is 5.32 Å². The Balaban J connectivity index is 1.99. The molecule has 0 amide bonds. The second-order valence-corrected chi connectivity index (χ2v) is 4.67. The van der Waals surface area contributed by atoms with Gasteiger partial charge < -0.3 is 5.32 Å². The molecule has 1 heterocycles. The Kier molecular flexibility index (Phi) is 3.15. The van der Waals surface area contributed by atoms with Crippen LogP contribution in [-0.4, -0.2) is 4.98 Å². The highest BCUT2D eigenvalue weighted by atomic mass is 15.0. The fraction of sp³-hybridized carbons (Fsp3) is 0.118. The van der Waals surface area contributed by atoms with E-state index in [1.165, 1.54) is 0 Å². The van der Waals surface area contributed by atoms with Crippen molar-refractivity contribution in [3.8, 4) is 0 Å². The van der Waals surface area contributed by atoms with Crippen LogP contribution in [0.3, 0.4) is 0 Å². The van der Waals surface area contributed by atoms with E-state index < -0.39 is 0 Å². The van der Waals surface area contributed by atoms with Gasteiger partial charge in [-0.1, -0.05) is 48.6 Å². The summed E-state index contributed by atoms with van der Waals surface area (Å²) >= 11 is 0. The molecule has 0 saturated carbocycles. The summed E-state index contributed by atoms with van der Waals surface area (Å²) in [4.78, 5) is 4.52. The summed E-state index contributed by atoms with van der Waals surface area (Å²) in [7, 11) is 0. The number of benzene rings is 1. The number of hydrogen-bond acceptors (Lipinski definition) is 2. The molecule has 0 bridgehead atoms. The lowest BCUT2D eigenvalue weighted by molar-refractivity contribution is 0.597. The van der Waals surface area contributed by atoms with E-state index in [4.69, 9.17) is 0 Å². The maximum Gasteiger partial charge on any atom is 0.102 e. The van der Waals surface area contributed by atoms with Gasteiger partial charge in [-0.05, 0) is 30.7 Å². The number of hydrogen-bond donors (Lipinski definition) is 1. The molecule has 0 saturated heterocycles. The quantitative estimate of drug-likeness (QED) is 0.891. The molecule has 19 heavy (non-hydrogen) atoms. The van der Waals surface area contributed by atoms with Gasteiger partial charge >= 0.3 is 0 Å². The SMILES string of the molecule is C1=CCC(Nc2ccccc2)(c2ccccn2)C=C1. The second kappa shape index (κ2) is 5.11. The number of aromatic nitrogens is 1. The highest BCUT2D eigenvalue weighted by Crippen LogP contribution is 2.32. The van der Waals surface area contributed by atoms with Crippen molar-refractivity contribution in [3.05, 3.63) is 84.7 Å². The molecule has 1 N–H and O–H groups in total. The second-order valence-electron chi connectivity index (χ2n) is 4.67. The zero-order valence-electron chi connectivity index (χ0n) is 10.7. The molecule has 1 aliphatic rings. The molecule has 2 heteroatoms. The lowest BCUT2D eigenvalue weighted by Gasteiger charge is -2.33. The van der Waals surface area contributed by atoms with Crippen LogP contribution in [-0.2, 0) is 5.54 Å². The molecule has 0 spiro atoms. The van der Waals surface area contributed by atoms with Crippen molar-refractivity contribution >= 4 is 5.69 Å². The molecular weight excluding hydrogens is 232 g/mol. The first kappa shape index (κ1) is 11.7. The summed E-state index contributed by atoms with van der Waals surface area (Å²) in [5.41, 5.74) is 1.89. The van der Waals surface area contributed by atoms with E-state index in [1.807, 2.05) is 36.5 Å². The van der Waals surface area contributed by atoms with E-state index in [9.17, 15) is 0 Å². The van der Waals surface area contributed by atoms with Gasteiger partial charge in [-0.15, -0.1) is 0 Å². The van der Waals surface area contributed by atoms with E-state index in [0.717, 1.165) is 17.8 Å². The van der Waals surface area contributed by atoms with Gasteiger partial charge in [-0.3, -0.25) is 4.98 Å². The van der Waals surface area contributed by atoms with Crippen LogP contribution in [0.15, 0.2) is 79.0 Å². The zero-order chi connectivity index (χ0) is 13.0. The van der Waals surface area contributed by atoms with Crippen molar-refractivity contribution in [1.29, 1.82) is 0 Å². The molecule has 1 aromatic carbocycles. The summed E-state index contributed by atoms with van der Waals surface area (Å²) in [5, 5.41) is 3.61. The minimum absolute atomic E-state index is 0.253. The minimum atomic E-state index is -0.253. The third kappa shape index (κ3) is 2.43. The van der Waals surface area contributed by atoms with Crippen molar-refractivity contribution in [2.24, 2.45) is 0 Å². The Bertz CT molecular complexity index is 587. The molecule has 1 aromatic heterocycles. The average molecular weight is 248 g/mol. The fourth-order valence-corrected chi connectivity index (χ4v) is 2.37. The van der Waals surface area contributed by atoms with Crippen molar-refractivity contribution in [1.82, 2.24) is 4.98 Å². The summed E-state index contributed by atoms with van der Waals surface area (Å²) in [5.74, 6) is 0. The number of pyridine rings is 1. The largest absolute Gasteiger partial charge is 0.371 e. The van der Waals surface area contributed by atoms with E-state index in [1.54, 1.807) is 0 Å². The van der Waals surface area contributed by atoms with E-state index in [-0.39, 0.29) is 5.54 Å². The van der Waals surface area contributed by atoms with Gasteiger partial charge in [-0.25, -0.2) is 0 Å². The topological polar surface area (TPSA) is 24.9 Å². The highest BCUT2D eigenvalue weighted by molar-refractivity contribution is 5.50. The van der Waals surface area contributed by atoms with Gasteiger partial charge in [0.1, 0.15) is 5.54 Å². The Morgan fingerprint density at radius 1 is 0.947 bits per heavy atom. The van der Waals surface area contributed by atoms with Crippen LogP contribution in [0, 0.1) is 0 Å². The minimum Gasteiger partial charge on any atom is -0.371 e. The van der Waals surface area contributed by atoms with Gasteiger partial charge in [0.15, 0.2) is 0 Å². The smallest absolute Gasteiger partial charge is 0.102 e. The number of anilines is 1. The predicted octanol–water partition coefficient (Wildman–Crippen LogP) is 3.91. The first-order valence-electron chi connectivity index (χ1n) is 6.48. The van der Waals surface area contributed by atoms with Crippen LogP contribution in [0.1, 0.15) is 12.1 Å². The molecule has 0 fully saturated rings. The molecular formula is C17H16N2. The van der Waals surface area contributed by atoms with Crippen molar-refractivity contribution < 1.29 is 0 Å². The molecule has 3 rings (SSSR count). The molecule has 0 aliphatic heterocycles. The first-order chi connectivity index (χ1) is 9.39. The van der Waals surface area contributed by atoms with E-state index in [2.05, 4.69) is 52.8 Å². The zero-order valence-corrected chi connectivity index (χ0v) is 10.7. The molecule has 1 atom stereocenters. The first-order valence-corrected chi connectivity index (χ1v) is 6.48. The average Bonchev–Trinajstić information content (AvgIpc) is 2.50. The Morgan fingerprint density at radius 2 is 1.79 bits per heavy atom. The van der Waals surface area contributed by atoms with Crippen molar-refractivity contribution in [2.45, 2.75) is 12.0 Å². The maximum absolute atomic E-state index is 4.52. The van der Waals surface area contributed by atoms with Crippen LogP contribution >= 0.6 is 0 Å². The standard InChI is InChI=1S/C17H16N2/c1-3-9-15(10-4-1)19-17(12-6-2-7-13-17)16-11-5-8-14-18-16/h1-12,14,19H,13H2. The van der Waals surface area contributed by atoms with Crippen LogP contribution in [0.4, 0.5) is 5.69 Å². The van der Waals surface area contributed by atoms with Crippen LogP contribution in [0.2, 0.25) is 0 Å². The van der Waals surface area contributed by atoms with Crippen LogP contribution in [0.5, 0.6) is 0 Å². The molecule has 2 nitrogen and oxygen atoms in total. The highest BCUT2D eigenvalue weighted by Gasteiger charge is 2.30. The Labute approximate surface area is 113 Å². The van der Waals surface area contributed by atoms with Crippen molar-refractivity contribution in [3.63, 3.8) is 0 Å². The summed E-state index contributed by atoms with van der Waals surface area (Å²) in [6, 6.07) is 16.3. The van der Waals surface area contributed by atoms with Gasteiger partial charge in [0.05, 0.1) is 5.69 Å². The van der Waals surface area contributed by atoms with Crippen LogP contribution < -0.4 is 5.32 Å². The Morgan fingerprint density at radius 3 is 2.47 bits per heavy atom. The number of allylic oxidation sites excluding steroid dienone is 2.